The molecule has 2 aromatic rings. The van der Waals surface area contributed by atoms with Crippen molar-refractivity contribution in [3.63, 3.8) is 0 Å². The van der Waals surface area contributed by atoms with Crippen LogP contribution in [0.2, 0.25) is 0 Å². The molecule has 2 amide bonds. The summed E-state index contributed by atoms with van der Waals surface area (Å²) in [5, 5.41) is 8.16. The average Bonchev–Trinajstić information content (AvgIpc) is 2.61. The molecule has 0 aliphatic heterocycles. The van der Waals surface area contributed by atoms with Crippen molar-refractivity contribution in [2.24, 2.45) is 0 Å². The first kappa shape index (κ1) is 20.5. The number of halogens is 2. The van der Waals surface area contributed by atoms with Crippen LogP contribution in [-0.4, -0.2) is 31.2 Å². The Morgan fingerprint density at radius 3 is 2.52 bits per heavy atom. The maximum absolute atomic E-state index is 12.6. The Labute approximate surface area is 159 Å². The molecule has 0 atom stereocenters. The number of methoxy groups -OCH3 is 1. The highest BCUT2D eigenvalue weighted by molar-refractivity contribution is 7.99. The van der Waals surface area contributed by atoms with Crippen molar-refractivity contribution >= 4 is 40.6 Å². The van der Waals surface area contributed by atoms with Crippen LogP contribution in [0.5, 0.6) is 5.75 Å². The van der Waals surface area contributed by atoms with Gasteiger partial charge in [0.1, 0.15) is 5.75 Å². The van der Waals surface area contributed by atoms with E-state index in [1.54, 1.807) is 36.4 Å². The van der Waals surface area contributed by atoms with E-state index in [4.69, 9.17) is 4.74 Å². The van der Waals surface area contributed by atoms with E-state index in [2.05, 4.69) is 16.0 Å². The first-order valence-corrected chi connectivity index (χ1v) is 8.80. The number of nitrogens with one attached hydrogen (secondary N) is 3. The second kappa shape index (κ2) is 9.77. The average molecular weight is 395 g/mol. The summed E-state index contributed by atoms with van der Waals surface area (Å²) in [6.45, 7) is 1.27. The van der Waals surface area contributed by atoms with E-state index in [-0.39, 0.29) is 17.3 Å². The Morgan fingerprint density at radius 1 is 1.11 bits per heavy atom. The van der Waals surface area contributed by atoms with E-state index in [1.807, 2.05) is 0 Å². The molecule has 0 fully saturated rings. The molecule has 27 heavy (non-hydrogen) atoms. The lowest BCUT2D eigenvalue weighted by molar-refractivity contribution is -0.115. The molecule has 2 aromatic carbocycles. The monoisotopic (exact) mass is 395 g/mol. The number of hydrogen-bond donors (Lipinski definition) is 3. The zero-order valence-corrected chi connectivity index (χ0v) is 15.5. The number of anilines is 3. The number of thioether (sulfide) groups is 1. The summed E-state index contributed by atoms with van der Waals surface area (Å²) < 4.78 is 30.5. The summed E-state index contributed by atoms with van der Waals surface area (Å²) in [5.74, 6) is -2.73. The van der Waals surface area contributed by atoms with Crippen molar-refractivity contribution < 1.29 is 23.1 Å². The molecule has 6 nitrogen and oxygen atoms in total. The largest absolute Gasteiger partial charge is 0.495 e. The smallest absolute Gasteiger partial charge is 0.288 e. The molecular weight excluding hydrogens is 376 g/mol. The van der Waals surface area contributed by atoms with Gasteiger partial charge >= 0.3 is 0 Å². The second-order valence-corrected chi connectivity index (χ2v) is 6.40. The van der Waals surface area contributed by atoms with E-state index in [9.17, 15) is 18.4 Å². The lowest BCUT2D eigenvalue weighted by atomic mass is 10.2. The number of alkyl halides is 2. The van der Waals surface area contributed by atoms with Crippen molar-refractivity contribution in [2.75, 3.05) is 29.6 Å². The summed E-state index contributed by atoms with van der Waals surface area (Å²) in [7, 11) is 1.48. The van der Waals surface area contributed by atoms with E-state index in [1.165, 1.54) is 20.1 Å². The van der Waals surface area contributed by atoms with Gasteiger partial charge in [-0.3, -0.25) is 9.59 Å². The number of hydrogen-bond acceptors (Lipinski definition) is 5. The Kier molecular flexibility index (Phi) is 7.42. The molecule has 0 saturated carbocycles. The van der Waals surface area contributed by atoms with Crippen LogP contribution in [0.4, 0.5) is 25.8 Å². The van der Waals surface area contributed by atoms with Gasteiger partial charge in [-0.15, -0.1) is 0 Å². The van der Waals surface area contributed by atoms with Gasteiger partial charge in [0.05, 0.1) is 25.0 Å². The van der Waals surface area contributed by atoms with Crippen LogP contribution in [0.1, 0.15) is 6.92 Å². The molecule has 0 bridgehead atoms. The van der Waals surface area contributed by atoms with E-state index >= 15 is 0 Å². The number of amides is 2. The summed E-state index contributed by atoms with van der Waals surface area (Å²) in [6, 6.07) is 11.3. The standard InChI is InChI=1S/C18H19F2N3O3S/c1-11(24)22-12-7-8-15(26-2)14(9-12)21-10-17(25)23-13-5-3-4-6-16(13)27-18(19)20/h3-9,18,21H,10H2,1-2H3,(H,22,24)(H,23,25). The molecule has 9 heteroatoms. The molecule has 0 radical (unpaired) electrons. The lowest BCUT2D eigenvalue weighted by Crippen LogP contribution is -2.22. The molecule has 144 valence electrons. The van der Waals surface area contributed by atoms with Crippen LogP contribution in [0.3, 0.4) is 0 Å². The Balaban J connectivity index is 2.04. The fourth-order valence-electron chi connectivity index (χ4n) is 2.27. The van der Waals surface area contributed by atoms with Crippen molar-refractivity contribution in [1.82, 2.24) is 0 Å². The maximum atomic E-state index is 12.6. The molecule has 0 aliphatic carbocycles. The minimum absolute atomic E-state index is 0.117. The quantitative estimate of drug-likeness (QED) is 0.589. The number of benzene rings is 2. The van der Waals surface area contributed by atoms with Gasteiger partial charge in [0, 0.05) is 17.5 Å². The highest BCUT2D eigenvalue weighted by Crippen LogP contribution is 2.32. The van der Waals surface area contributed by atoms with E-state index < -0.39 is 11.7 Å². The summed E-state index contributed by atoms with van der Waals surface area (Å²) in [6.07, 6.45) is 0. The van der Waals surface area contributed by atoms with Crippen LogP contribution in [-0.2, 0) is 9.59 Å². The van der Waals surface area contributed by atoms with Gasteiger partial charge in [-0.1, -0.05) is 23.9 Å². The predicted molar refractivity (Wildman–Crippen MR) is 103 cm³/mol. The zero-order valence-electron chi connectivity index (χ0n) is 14.7. The molecule has 3 N–H and O–H groups in total. The number of carbonyl (C=O) groups is 2. The fraction of sp³-hybridized carbons (Fsp3) is 0.222. The van der Waals surface area contributed by atoms with E-state index in [0.29, 0.717) is 34.6 Å². The minimum Gasteiger partial charge on any atom is -0.495 e. The van der Waals surface area contributed by atoms with Gasteiger partial charge in [0.15, 0.2) is 0 Å². The van der Waals surface area contributed by atoms with Gasteiger partial charge in [-0.2, -0.15) is 8.78 Å². The van der Waals surface area contributed by atoms with Gasteiger partial charge in [-0.25, -0.2) is 0 Å². The first-order valence-electron chi connectivity index (χ1n) is 7.92. The molecule has 0 aromatic heterocycles. The summed E-state index contributed by atoms with van der Waals surface area (Å²) >= 11 is 0.367. The van der Waals surface area contributed by atoms with Crippen LogP contribution in [0.25, 0.3) is 0 Å². The lowest BCUT2D eigenvalue weighted by Gasteiger charge is -2.14. The van der Waals surface area contributed by atoms with Crippen molar-refractivity contribution in [2.45, 2.75) is 17.6 Å². The Hall–Kier alpha value is -2.81. The number of ether oxygens (including phenoxy) is 1. The van der Waals surface area contributed by atoms with Crippen molar-refractivity contribution in [3.05, 3.63) is 42.5 Å². The highest BCUT2D eigenvalue weighted by atomic mass is 32.2. The van der Waals surface area contributed by atoms with Crippen LogP contribution in [0, 0.1) is 0 Å². The highest BCUT2D eigenvalue weighted by Gasteiger charge is 2.12. The SMILES string of the molecule is COc1ccc(NC(C)=O)cc1NCC(=O)Nc1ccccc1SC(F)F. The van der Waals surface area contributed by atoms with Gasteiger partial charge in [0.2, 0.25) is 11.8 Å². The zero-order chi connectivity index (χ0) is 19.8. The number of rotatable bonds is 8. The van der Waals surface area contributed by atoms with Gasteiger partial charge in [0.25, 0.3) is 5.76 Å². The molecule has 2 rings (SSSR count). The minimum atomic E-state index is -2.58. The maximum Gasteiger partial charge on any atom is 0.288 e. The van der Waals surface area contributed by atoms with Crippen LogP contribution < -0.4 is 20.7 Å². The molecular formula is C18H19F2N3O3S. The van der Waals surface area contributed by atoms with Crippen LogP contribution >= 0.6 is 11.8 Å². The van der Waals surface area contributed by atoms with Crippen molar-refractivity contribution in [1.29, 1.82) is 0 Å². The Bertz CT molecular complexity index is 818. The summed E-state index contributed by atoms with van der Waals surface area (Å²) in [4.78, 5) is 23.7. The van der Waals surface area contributed by atoms with Gasteiger partial charge < -0.3 is 20.7 Å². The van der Waals surface area contributed by atoms with E-state index in [0.717, 1.165) is 0 Å². The predicted octanol–water partition coefficient (Wildman–Crippen LogP) is 4.02. The van der Waals surface area contributed by atoms with Gasteiger partial charge in [-0.05, 0) is 30.3 Å². The Morgan fingerprint density at radius 2 is 1.85 bits per heavy atom. The number of para-hydroxylation sites is 1. The second-order valence-electron chi connectivity index (χ2n) is 5.37. The molecule has 0 heterocycles. The first-order chi connectivity index (χ1) is 12.9. The third-order valence-corrected chi connectivity index (χ3v) is 4.12. The molecule has 0 saturated heterocycles. The topological polar surface area (TPSA) is 79.5 Å². The van der Waals surface area contributed by atoms with Crippen LogP contribution in [0.15, 0.2) is 47.4 Å². The molecule has 0 aliphatic rings. The number of carbonyl (C=O) groups excluding carboxylic acids is 2. The fourth-order valence-corrected chi connectivity index (χ4v) is 2.86. The normalized spacial score (nSPS) is 10.4. The third kappa shape index (κ3) is 6.45. The van der Waals surface area contributed by atoms with Crippen molar-refractivity contribution in [3.8, 4) is 5.75 Å². The third-order valence-electron chi connectivity index (χ3n) is 3.34. The molecule has 0 unspecified atom stereocenters. The molecule has 0 spiro atoms. The summed E-state index contributed by atoms with van der Waals surface area (Å²) in [5.41, 5.74) is 1.37.